The van der Waals surface area contributed by atoms with Gasteiger partial charge in [0.15, 0.2) is 5.82 Å². The molecule has 2 fully saturated rings. The fraction of sp³-hybridized carbons (Fsp3) is 0.565. The van der Waals surface area contributed by atoms with Gasteiger partial charge in [0, 0.05) is 44.0 Å². The van der Waals surface area contributed by atoms with Crippen LogP contribution in [-0.2, 0) is 12.1 Å². The number of pyridine rings is 1. The van der Waals surface area contributed by atoms with Gasteiger partial charge >= 0.3 is 6.03 Å². The normalized spacial score (nSPS) is 22.7. The van der Waals surface area contributed by atoms with Crippen molar-refractivity contribution < 1.29 is 9.59 Å². The van der Waals surface area contributed by atoms with Crippen LogP contribution in [0.2, 0.25) is 0 Å². The number of piperazine rings is 1. The molecular formula is C23H31N7O2. The Kier molecular flexibility index (Phi) is 5.16. The van der Waals surface area contributed by atoms with Crippen molar-refractivity contribution in [1.82, 2.24) is 29.9 Å². The summed E-state index contributed by atoms with van der Waals surface area (Å²) in [6.07, 6.45) is 4.28. The van der Waals surface area contributed by atoms with Crippen LogP contribution >= 0.6 is 0 Å². The van der Waals surface area contributed by atoms with Crippen molar-refractivity contribution in [3.05, 3.63) is 41.3 Å². The molecular weight excluding hydrogens is 406 g/mol. The van der Waals surface area contributed by atoms with E-state index in [1.807, 2.05) is 23.6 Å². The lowest BCUT2D eigenvalue weighted by Gasteiger charge is -2.44. The number of fused-ring (bicyclic) bond motifs is 1. The van der Waals surface area contributed by atoms with Gasteiger partial charge in [0.05, 0.1) is 17.8 Å². The summed E-state index contributed by atoms with van der Waals surface area (Å²) >= 11 is 0. The fourth-order valence-corrected chi connectivity index (χ4v) is 4.90. The van der Waals surface area contributed by atoms with Crippen LogP contribution in [0, 0.1) is 5.92 Å². The van der Waals surface area contributed by atoms with E-state index in [-0.39, 0.29) is 18.0 Å². The maximum Gasteiger partial charge on any atom is 0.321 e. The average molecular weight is 438 g/mol. The predicted octanol–water partition coefficient (Wildman–Crippen LogP) is 2.64. The summed E-state index contributed by atoms with van der Waals surface area (Å²) in [5, 5.41) is 10.2. The van der Waals surface area contributed by atoms with E-state index in [9.17, 15) is 9.59 Å². The van der Waals surface area contributed by atoms with Gasteiger partial charge in [0.1, 0.15) is 5.69 Å². The largest absolute Gasteiger partial charge is 0.321 e. The number of carbonyl (C=O) groups is 2. The molecule has 2 aromatic heterocycles. The smallest absolute Gasteiger partial charge is 0.319 e. The van der Waals surface area contributed by atoms with Crippen molar-refractivity contribution >= 4 is 17.8 Å². The number of amides is 3. The van der Waals surface area contributed by atoms with Crippen LogP contribution in [0.1, 0.15) is 55.4 Å². The molecule has 0 radical (unpaired) electrons. The topological polar surface area (TPSA) is 97.5 Å². The van der Waals surface area contributed by atoms with E-state index in [0.29, 0.717) is 18.1 Å². The Morgan fingerprint density at radius 2 is 2.06 bits per heavy atom. The van der Waals surface area contributed by atoms with E-state index in [1.54, 1.807) is 24.4 Å². The van der Waals surface area contributed by atoms with Gasteiger partial charge < -0.3 is 15.1 Å². The molecule has 1 aliphatic carbocycles. The first-order valence-corrected chi connectivity index (χ1v) is 11.4. The Hall–Kier alpha value is -2.94. The van der Waals surface area contributed by atoms with Gasteiger partial charge in [-0.15, -0.1) is 0 Å². The van der Waals surface area contributed by atoms with Gasteiger partial charge in [-0.25, -0.2) is 4.79 Å². The molecule has 1 saturated heterocycles. The monoisotopic (exact) mass is 437 g/mol. The lowest BCUT2D eigenvalue weighted by Crippen LogP contribution is -2.58. The first-order chi connectivity index (χ1) is 15.3. The molecule has 170 valence electrons. The van der Waals surface area contributed by atoms with Crippen molar-refractivity contribution in [1.29, 1.82) is 0 Å². The number of nitrogens with one attached hydrogen (secondary N) is 2. The molecule has 1 atom stereocenters. The van der Waals surface area contributed by atoms with Crippen molar-refractivity contribution in [2.45, 2.75) is 51.7 Å². The van der Waals surface area contributed by atoms with Crippen LogP contribution in [0.15, 0.2) is 24.4 Å². The summed E-state index contributed by atoms with van der Waals surface area (Å²) in [4.78, 5) is 36.6. The Morgan fingerprint density at radius 3 is 2.75 bits per heavy atom. The second kappa shape index (κ2) is 7.88. The Bertz CT molecular complexity index is 1010. The number of rotatable bonds is 4. The number of anilines is 1. The van der Waals surface area contributed by atoms with Gasteiger partial charge in [-0.3, -0.25) is 19.8 Å². The van der Waals surface area contributed by atoms with E-state index >= 15 is 0 Å². The summed E-state index contributed by atoms with van der Waals surface area (Å²) < 4.78 is 0. The average Bonchev–Trinajstić information content (AvgIpc) is 3.42. The molecule has 0 aromatic carbocycles. The standard InChI is InChI=1S/C23H31N7O2/c1-15-12-28(13-16-7-8-16)10-11-29(15)22(32)30-14-17-19(23(30,2)3)26-27-20(17)25-21(31)18-6-4-5-9-24-18/h4-6,9,15-16H,7-8,10-14H2,1-3H3,(H2,25,26,27,31)/t15-/m0/s1. The van der Waals surface area contributed by atoms with Crippen molar-refractivity contribution in [3.63, 3.8) is 0 Å². The quantitative estimate of drug-likeness (QED) is 0.766. The van der Waals surface area contributed by atoms with Crippen LogP contribution in [0.25, 0.3) is 0 Å². The van der Waals surface area contributed by atoms with Gasteiger partial charge in [0.25, 0.3) is 5.91 Å². The van der Waals surface area contributed by atoms with Crippen molar-refractivity contribution in [2.75, 3.05) is 31.5 Å². The molecule has 0 spiro atoms. The lowest BCUT2D eigenvalue weighted by molar-refractivity contribution is 0.0577. The molecule has 1 saturated carbocycles. The second-order valence-electron chi connectivity index (χ2n) is 9.77. The number of H-pyrrole nitrogens is 1. The summed E-state index contributed by atoms with van der Waals surface area (Å²) in [5.41, 5.74) is 1.50. The molecule has 9 nitrogen and oxygen atoms in total. The van der Waals surface area contributed by atoms with E-state index in [4.69, 9.17) is 0 Å². The molecule has 3 amide bonds. The first-order valence-electron chi connectivity index (χ1n) is 11.4. The van der Waals surface area contributed by atoms with Crippen molar-refractivity contribution in [2.24, 2.45) is 5.92 Å². The number of urea groups is 1. The molecule has 32 heavy (non-hydrogen) atoms. The minimum atomic E-state index is -0.543. The third-order valence-electron chi connectivity index (χ3n) is 7.00. The van der Waals surface area contributed by atoms with Gasteiger partial charge in [-0.05, 0) is 51.7 Å². The summed E-state index contributed by atoms with van der Waals surface area (Å²) in [5.74, 6) is 1.00. The van der Waals surface area contributed by atoms with E-state index < -0.39 is 5.54 Å². The summed E-state index contributed by atoms with van der Waals surface area (Å²) in [7, 11) is 0. The molecule has 2 aromatic rings. The van der Waals surface area contributed by atoms with Crippen LogP contribution < -0.4 is 5.32 Å². The van der Waals surface area contributed by atoms with Crippen LogP contribution in [0.5, 0.6) is 0 Å². The Morgan fingerprint density at radius 1 is 1.25 bits per heavy atom. The maximum atomic E-state index is 13.6. The number of nitrogens with zero attached hydrogens (tertiary/aromatic N) is 5. The molecule has 9 heteroatoms. The highest BCUT2D eigenvalue weighted by Gasteiger charge is 2.46. The number of hydrogen-bond acceptors (Lipinski definition) is 5. The highest BCUT2D eigenvalue weighted by atomic mass is 16.2. The molecule has 0 bridgehead atoms. The molecule has 2 aliphatic heterocycles. The second-order valence-corrected chi connectivity index (χ2v) is 9.77. The summed E-state index contributed by atoms with van der Waals surface area (Å²) in [6.45, 7) is 10.4. The number of hydrogen-bond donors (Lipinski definition) is 2. The van der Waals surface area contributed by atoms with Crippen LogP contribution in [-0.4, -0.2) is 74.0 Å². The molecule has 2 N–H and O–H groups in total. The van der Waals surface area contributed by atoms with E-state index in [2.05, 4.69) is 32.3 Å². The third kappa shape index (κ3) is 3.74. The minimum absolute atomic E-state index is 0.0418. The number of aromatic nitrogens is 3. The summed E-state index contributed by atoms with van der Waals surface area (Å²) in [6, 6.07) is 5.41. The van der Waals surface area contributed by atoms with Gasteiger partial charge in [-0.2, -0.15) is 5.10 Å². The molecule has 4 heterocycles. The van der Waals surface area contributed by atoms with Crippen LogP contribution in [0.3, 0.4) is 0 Å². The van der Waals surface area contributed by atoms with Gasteiger partial charge in [0.2, 0.25) is 0 Å². The maximum absolute atomic E-state index is 13.6. The van der Waals surface area contributed by atoms with E-state index in [0.717, 1.165) is 43.4 Å². The van der Waals surface area contributed by atoms with Gasteiger partial charge in [-0.1, -0.05) is 6.07 Å². The lowest BCUT2D eigenvalue weighted by atomic mass is 10.0. The zero-order valence-electron chi connectivity index (χ0n) is 19.0. The predicted molar refractivity (Wildman–Crippen MR) is 120 cm³/mol. The van der Waals surface area contributed by atoms with E-state index in [1.165, 1.54) is 12.8 Å². The third-order valence-corrected chi connectivity index (χ3v) is 7.00. The highest BCUT2D eigenvalue weighted by Crippen LogP contribution is 2.41. The van der Waals surface area contributed by atoms with Crippen LogP contribution in [0.4, 0.5) is 10.6 Å². The Balaban J connectivity index is 1.29. The number of aromatic amines is 1. The highest BCUT2D eigenvalue weighted by molar-refractivity contribution is 6.02. The van der Waals surface area contributed by atoms with Crippen molar-refractivity contribution in [3.8, 4) is 0 Å². The zero-order valence-corrected chi connectivity index (χ0v) is 19.0. The SMILES string of the molecule is C[C@H]1CN(CC2CC2)CCN1C(=O)N1Cc2c(NC(=O)c3ccccn3)n[nH]c2C1(C)C. The Labute approximate surface area is 188 Å². The molecule has 0 unspecified atom stereocenters. The minimum Gasteiger partial charge on any atom is -0.319 e. The molecule has 3 aliphatic rings. The zero-order chi connectivity index (χ0) is 22.5. The first kappa shape index (κ1) is 20.9. The fourth-order valence-electron chi connectivity index (χ4n) is 4.90. The molecule has 5 rings (SSSR count). The number of carbonyl (C=O) groups excluding carboxylic acids is 2.